The third kappa shape index (κ3) is 4.08. The van der Waals surface area contributed by atoms with Crippen molar-refractivity contribution < 1.29 is 9.59 Å². The van der Waals surface area contributed by atoms with E-state index in [2.05, 4.69) is 26.6 Å². The van der Waals surface area contributed by atoms with E-state index >= 15 is 0 Å². The standard InChI is InChI=1S/C16H16BrN3O2/c1-10(13-7-2-3-8-14(13)17)19-15(21)11-5-4-6-12(9-11)20-16(18)22/h2-10H,1H3,(H,19,21)(H3,18,20,22)/t10-/m0/s1. The van der Waals surface area contributed by atoms with Crippen molar-refractivity contribution >= 4 is 33.6 Å². The molecule has 4 N–H and O–H groups in total. The van der Waals surface area contributed by atoms with Crippen molar-refractivity contribution in [3.8, 4) is 0 Å². The van der Waals surface area contributed by atoms with Gasteiger partial charge >= 0.3 is 6.03 Å². The summed E-state index contributed by atoms with van der Waals surface area (Å²) in [6.07, 6.45) is 0. The lowest BCUT2D eigenvalue weighted by Crippen LogP contribution is -2.27. The third-order valence-corrected chi connectivity index (χ3v) is 3.83. The summed E-state index contributed by atoms with van der Waals surface area (Å²) in [6.45, 7) is 1.91. The Bertz CT molecular complexity index is 703. The normalized spacial score (nSPS) is 11.5. The van der Waals surface area contributed by atoms with E-state index < -0.39 is 6.03 Å². The fraction of sp³-hybridized carbons (Fsp3) is 0.125. The van der Waals surface area contributed by atoms with Crippen LogP contribution in [-0.4, -0.2) is 11.9 Å². The van der Waals surface area contributed by atoms with E-state index in [4.69, 9.17) is 5.73 Å². The van der Waals surface area contributed by atoms with Crippen LogP contribution in [0.15, 0.2) is 53.0 Å². The van der Waals surface area contributed by atoms with E-state index in [9.17, 15) is 9.59 Å². The minimum Gasteiger partial charge on any atom is -0.351 e. The Morgan fingerprint density at radius 3 is 2.55 bits per heavy atom. The monoisotopic (exact) mass is 361 g/mol. The summed E-state index contributed by atoms with van der Waals surface area (Å²) in [4.78, 5) is 23.2. The molecule has 114 valence electrons. The Labute approximate surface area is 137 Å². The van der Waals surface area contributed by atoms with Crippen molar-refractivity contribution in [2.75, 3.05) is 5.32 Å². The first kappa shape index (κ1) is 16.0. The number of primary amides is 1. The summed E-state index contributed by atoms with van der Waals surface area (Å²) in [5.74, 6) is -0.226. The van der Waals surface area contributed by atoms with Crippen LogP contribution in [0.2, 0.25) is 0 Å². The number of amides is 3. The molecule has 2 aromatic rings. The number of carbonyl (C=O) groups is 2. The number of nitrogens with two attached hydrogens (primary N) is 1. The lowest BCUT2D eigenvalue weighted by atomic mass is 10.1. The van der Waals surface area contributed by atoms with Gasteiger partial charge in [0.05, 0.1) is 6.04 Å². The van der Waals surface area contributed by atoms with Crippen molar-refractivity contribution in [3.63, 3.8) is 0 Å². The quantitative estimate of drug-likeness (QED) is 0.779. The SMILES string of the molecule is C[C@H](NC(=O)c1cccc(NC(N)=O)c1)c1ccccc1Br. The summed E-state index contributed by atoms with van der Waals surface area (Å²) in [5.41, 5.74) is 6.99. The second kappa shape index (κ2) is 7.09. The number of rotatable bonds is 4. The summed E-state index contributed by atoms with van der Waals surface area (Å²) in [7, 11) is 0. The molecule has 22 heavy (non-hydrogen) atoms. The van der Waals surface area contributed by atoms with Gasteiger partial charge in [-0.3, -0.25) is 4.79 Å². The molecule has 2 rings (SSSR count). The molecule has 0 radical (unpaired) electrons. The molecule has 0 heterocycles. The number of carbonyl (C=O) groups excluding carboxylic acids is 2. The number of nitrogens with one attached hydrogen (secondary N) is 2. The number of benzene rings is 2. The van der Waals surface area contributed by atoms with Crippen molar-refractivity contribution in [3.05, 3.63) is 64.1 Å². The average molecular weight is 362 g/mol. The van der Waals surface area contributed by atoms with E-state index in [1.807, 2.05) is 31.2 Å². The van der Waals surface area contributed by atoms with Crippen LogP contribution in [0, 0.1) is 0 Å². The zero-order valence-electron chi connectivity index (χ0n) is 12.0. The van der Waals surface area contributed by atoms with Gasteiger partial charge in [0.1, 0.15) is 0 Å². The summed E-state index contributed by atoms with van der Waals surface area (Å²) >= 11 is 3.47. The van der Waals surface area contributed by atoms with Crippen LogP contribution in [-0.2, 0) is 0 Å². The van der Waals surface area contributed by atoms with Gasteiger partial charge in [-0.1, -0.05) is 40.2 Å². The number of urea groups is 1. The first-order chi connectivity index (χ1) is 10.5. The number of anilines is 1. The van der Waals surface area contributed by atoms with Gasteiger partial charge in [0.25, 0.3) is 5.91 Å². The largest absolute Gasteiger partial charge is 0.351 e. The molecular weight excluding hydrogens is 346 g/mol. The van der Waals surface area contributed by atoms with Gasteiger partial charge in [0.15, 0.2) is 0 Å². The van der Waals surface area contributed by atoms with Crippen LogP contribution >= 0.6 is 15.9 Å². The Morgan fingerprint density at radius 1 is 1.14 bits per heavy atom. The Morgan fingerprint density at radius 2 is 1.86 bits per heavy atom. The topological polar surface area (TPSA) is 84.2 Å². The maximum absolute atomic E-state index is 12.3. The van der Waals surface area contributed by atoms with Crippen molar-refractivity contribution in [1.82, 2.24) is 5.32 Å². The predicted molar refractivity (Wildman–Crippen MR) is 89.7 cm³/mol. The molecule has 5 nitrogen and oxygen atoms in total. The minimum absolute atomic E-state index is 0.157. The molecule has 0 aliphatic rings. The third-order valence-electron chi connectivity index (χ3n) is 3.11. The Hall–Kier alpha value is -2.34. The molecular formula is C16H16BrN3O2. The second-order valence-electron chi connectivity index (χ2n) is 4.79. The summed E-state index contributed by atoms with van der Waals surface area (Å²) in [5, 5.41) is 5.37. The predicted octanol–water partition coefficient (Wildman–Crippen LogP) is 3.43. The molecule has 0 aromatic heterocycles. The maximum atomic E-state index is 12.3. The molecule has 3 amide bonds. The van der Waals surface area contributed by atoms with Crippen LogP contribution in [0.4, 0.5) is 10.5 Å². The highest BCUT2D eigenvalue weighted by molar-refractivity contribution is 9.10. The van der Waals surface area contributed by atoms with Gasteiger partial charge in [0, 0.05) is 15.7 Å². The van der Waals surface area contributed by atoms with Gasteiger partial charge in [-0.05, 0) is 36.8 Å². The molecule has 6 heteroatoms. The molecule has 0 aliphatic heterocycles. The van der Waals surface area contributed by atoms with Crippen LogP contribution < -0.4 is 16.4 Å². The fourth-order valence-electron chi connectivity index (χ4n) is 2.06. The van der Waals surface area contributed by atoms with Gasteiger partial charge in [-0.15, -0.1) is 0 Å². The first-order valence-corrected chi connectivity index (χ1v) is 7.48. The van der Waals surface area contributed by atoms with Crippen molar-refractivity contribution in [1.29, 1.82) is 0 Å². The van der Waals surface area contributed by atoms with Crippen molar-refractivity contribution in [2.45, 2.75) is 13.0 Å². The van der Waals surface area contributed by atoms with Crippen LogP contribution in [0.5, 0.6) is 0 Å². The highest BCUT2D eigenvalue weighted by Crippen LogP contribution is 2.23. The lowest BCUT2D eigenvalue weighted by molar-refractivity contribution is 0.0939. The van der Waals surface area contributed by atoms with E-state index in [0.29, 0.717) is 11.3 Å². The van der Waals surface area contributed by atoms with Gasteiger partial charge in [0.2, 0.25) is 0 Å². The summed E-state index contributed by atoms with van der Waals surface area (Å²) in [6, 6.07) is 13.5. The number of hydrogen-bond acceptors (Lipinski definition) is 2. The van der Waals surface area contributed by atoms with E-state index in [0.717, 1.165) is 10.0 Å². The molecule has 1 atom stereocenters. The summed E-state index contributed by atoms with van der Waals surface area (Å²) < 4.78 is 0.937. The Kier molecular flexibility index (Phi) is 5.16. The van der Waals surface area contributed by atoms with E-state index in [1.165, 1.54) is 0 Å². The average Bonchev–Trinajstić information content (AvgIpc) is 2.47. The number of hydrogen-bond donors (Lipinski definition) is 3. The molecule has 0 fully saturated rings. The van der Waals surface area contributed by atoms with Gasteiger partial charge in [-0.25, -0.2) is 4.79 Å². The minimum atomic E-state index is -0.667. The first-order valence-electron chi connectivity index (χ1n) is 6.69. The maximum Gasteiger partial charge on any atom is 0.316 e. The van der Waals surface area contributed by atoms with Gasteiger partial charge in [-0.2, -0.15) is 0 Å². The fourth-order valence-corrected chi connectivity index (χ4v) is 2.69. The van der Waals surface area contributed by atoms with Gasteiger partial charge < -0.3 is 16.4 Å². The zero-order chi connectivity index (χ0) is 16.1. The van der Waals surface area contributed by atoms with E-state index in [1.54, 1.807) is 24.3 Å². The van der Waals surface area contributed by atoms with Crippen LogP contribution in [0.1, 0.15) is 28.9 Å². The molecule has 0 saturated carbocycles. The highest BCUT2D eigenvalue weighted by atomic mass is 79.9. The van der Waals surface area contributed by atoms with Crippen LogP contribution in [0.25, 0.3) is 0 Å². The Balaban J connectivity index is 2.12. The second-order valence-corrected chi connectivity index (χ2v) is 5.64. The molecule has 0 aliphatic carbocycles. The molecule has 0 unspecified atom stereocenters. The zero-order valence-corrected chi connectivity index (χ0v) is 13.6. The lowest BCUT2D eigenvalue weighted by Gasteiger charge is -2.16. The molecule has 0 bridgehead atoms. The molecule has 0 spiro atoms. The van der Waals surface area contributed by atoms with E-state index in [-0.39, 0.29) is 11.9 Å². The van der Waals surface area contributed by atoms with Crippen LogP contribution in [0.3, 0.4) is 0 Å². The smallest absolute Gasteiger partial charge is 0.316 e. The number of halogens is 1. The molecule has 0 saturated heterocycles. The van der Waals surface area contributed by atoms with Crippen molar-refractivity contribution in [2.24, 2.45) is 5.73 Å². The highest BCUT2D eigenvalue weighted by Gasteiger charge is 2.13. The molecule has 2 aromatic carbocycles.